The van der Waals surface area contributed by atoms with E-state index in [0.717, 1.165) is 22.6 Å². The number of hydrogen-bond acceptors (Lipinski definition) is 3. The number of anilines is 1. The highest BCUT2D eigenvalue weighted by atomic mass is 16.5. The van der Waals surface area contributed by atoms with Gasteiger partial charge >= 0.3 is 0 Å². The van der Waals surface area contributed by atoms with Crippen LogP contribution in [0, 0.1) is 0 Å². The third kappa shape index (κ3) is 3.33. The molecule has 0 radical (unpaired) electrons. The van der Waals surface area contributed by atoms with Crippen molar-refractivity contribution in [3.05, 3.63) is 96.1 Å². The van der Waals surface area contributed by atoms with Gasteiger partial charge in [0.15, 0.2) is 0 Å². The standard InChI is InChI=1S/C24H24N2O2/c1-25(20-11-7-4-8-12-20)23-22(19-13-15-21(28-2)16-14-19)26(24(23)27)17-18-9-5-3-6-10-18/h3-16,22-23H,17H2,1-2H3/t22-,23+/m1/s1. The summed E-state index contributed by atoms with van der Waals surface area (Å²) < 4.78 is 5.30. The van der Waals surface area contributed by atoms with Crippen LogP contribution in [0.1, 0.15) is 17.2 Å². The van der Waals surface area contributed by atoms with Gasteiger partial charge < -0.3 is 14.5 Å². The Bertz CT molecular complexity index is 926. The van der Waals surface area contributed by atoms with Gasteiger partial charge in [-0.05, 0) is 35.4 Å². The van der Waals surface area contributed by atoms with E-state index in [1.54, 1.807) is 7.11 Å². The minimum atomic E-state index is -0.223. The zero-order valence-electron chi connectivity index (χ0n) is 16.2. The number of para-hydroxylation sites is 1. The van der Waals surface area contributed by atoms with Crippen molar-refractivity contribution in [2.45, 2.75) is 18.6 Å². The maximum Gasteiger partial charge on any atom is 0.248 e. The number of carbonyl (C=O) groups is 1. The van der Waals surface area contributed by atoms with Crippen molar-refractivity contribution in [2.75, 3.05) is 19.1 Å². The summed E-state index contributed by atoms with van der Waals surface area (Å²) in [7, 11) is 3.66. The van der Waals surface area contributed by atoms with E-state index in [1.165, 1.54) is 0 Å². The Labute approximate surface area is 166 Å². The van der Waals surface area contributed by atoms with Gasteiger partial charge in [-0.1, -0.05) is 60.7 Å². The molecule has 3 aromatic rings. The van der Waals surface area contributed by atoms with Gasteiger partial charge in [-0.2, -0.15) is 0 Å². The average molecular weight is 372 g/mol. The van der Waals surface area contributed by atoms with Crippen LogP contribution in [0.3, 0.4) is 0 Å². The molecule has 28 heavy (non-hydrogen) atoms. The second kappa shape index (κ2) is 7.77. The molecule has 4 rings (SSSR count). The predicted molar refractivity (Wildman–Crippen MR) is 111 cm³/mol. The molecule has 0 unspecified atom stereocenters. The Morgan fingerprint density at radius 2 is 1.50 bits per heavy atom. The lowest BCUT2D eigenvalue weighted by Crippen LogP contribution is -2.64. The fraction of sp³-hybridized carbons (Fsp3) is 0.208. The fourth-order valence-electron chi connectivity index (χ4n) is 3.85. The summed E-state index contributed by atoms with van der Waals surface area (Å²) in [5, 5.41) is 0. The fourth-order valence-corrected chi connectivity index (χ4v) is 3.85. The molecule has 0 N–H and O–H groups in total. The summed E-state index contributed by atoms with van der Waals surface area (Å²) in [4.78, 5) is 17.2. The molecular weight excluding hydrogens is 348 g/mol. The number of hydrogen-bond donors (Lipinski definition) is 0. The molecule has 0 aromatic heterocycles. The van der Waals surface area contributed by atoms with Crippen molar-refractivity contribution in [3.8, 4) is 5.75 Å². The van der Waals surface area contributed by atoms with Gasteiger partial charge in [0.25, 0.3) is 0 Å². The van der Waals surface area contributed by atoms with Crippen molar-refractivity contribution in [2.24, 2.45) is 0 Å². The zero-order valence-corrected chi connectivity index (χ0v) is 16.2. The number of carbonyl (C=O) groups excluding carboxylic acids is 1. The van der Waals surface area contributed by atoms with Crippen LogP contribution in [-0.2, 0) is 11.3 Å². The second-order valence-electron chi connectivity index (χ2n) is 7.06. The molecule has 1 aliphatic rings. The zero-order chi connectivity index (χ0) is 19.5. The SMILES string of the molecule is COc1ccc([C@@H]2[C@H](N(C)c3ccccc3)C(=O)N2Cc2ccccc2)cc1. The summed E-state index contributed by atoms with van der Waals surface area (Å²) in [6.07, 6.45) is 0. The molecule has 3 aromatic carbocycles. The van der Waals surface area contributed by atoms with Crippen LogP contribution in [0.2, 0.25) is 0 Å². The molecular formula is C24H24N2O2. The first-order valence-corrected chi connectivity index (χ1v) is 9.45. The van der Waals surface area contributed by atoms with E-state index in [4.69, 9.17) is 4.74 Å². The number of amides is 1. The van der Waals surface area contributed by atoms with Gasteiger partial charge in [0.1, 0.15) is 11.8 Å². The lowest BCUT2D eigenvalue weighted by Gasteiger charge is -2.51. The summed E-state index contributed by atoms with van der Waals surface area (Å²) in [5.74, 6) is 0.966. The number of benzene rings is 3. The number of methoxy groups -OCH3 is 1. The number of nitrogens with zero attached hydrogens (tertiary/aromatic N) is 2. The van der Waals surface area contributed by atoms with Gasteiger partial charge in [-0.25, -0.2) is 0 Å². The molecule has 1 aliphatic heterocycles. The molecule has 1 saturated heterocycles. The predicted octanol–water partition coefficient (Wildman–Crippen LogP) is 4.28. The molecule has 0 bridgehead atoms. The normalized spacial score (nSPS) is 18.5. The van der Waals surface area contributed by atoms with E-state index in [1.807, 2.05) is 72.6 Å². The van der Waals surface area contributed by atoms with E-state index in [-0.39, 0.29) is 18.0 Å². The van der Waals surface area contributed by atoms with E-state index in [0.29, 0.717) is 6.54 Å². The highest BCUT2D eigenvalue weighted by Crippen LogP contribution is 2.40. The molecule has 1 amide bonds. The quantitative estimate of drug-likeness (QED) is 0.606. The summed E-state index contributed by atoms with van der Waals surface area (Å²) >= 11 is 0. The van der Waals surface area contributed by atoms with Gasteiger partial charge in [-0.3, -0.25) is 4.79 Å². The molecule has 4 nitrogen and oxygen atoms in total. The first-order valence-electron chi connectivity index (χ1n) is 9.45. The van der Waals surface area contributed by atoms with Crippen LogP contribution in [0.15, 0.2) is 84.9 Å². The van der Waals surface area contributed by atoms with Crippen molar-refractivity contribution in [1.29, 1.82) is 0 Å². The first kappa shape index (κ1) is 18.1. The molecule has 2 atom stereocenters. The Morgan fingerprint density at radius 3 is 2.11 bits per heavy atom. The van der Waals surface area contributed by atoms with Gasteiger partial charge in [0.2, 0.25) is 5.91 Å². The van der Waals surface area contributed by atoms with Gasteiger partial charge in [0, 0.05) is 19.3 Å². The molecule has 1 heterocycles. The number of ether oxygens (including phenoxy) is 1. The minimum absolute atomic E-state index is 0.0104. The number of β-lactam (4-membered cyclic amide) rings is 1. The Balaban J connectivity index is 1.65. The van der Waals surface area contributed by atoms with Gasteiger partial charge in [0.05, 0.1) is 13.2 Å². The van der Waals surface area contributed by atoms with Gasteiger partial charge in [-0.15, -0.1) is 0 Å². The second-order valence-corrected chi connectivity index (χ2v) is 7.06. The van der Waals surface area contributed by atoms with Crippen LogP contribution in [-0.4, -0.2) is 31.0 Å². The number of rotatable bonds is 6. The summed E-state index contributed by atoms with van der Waals surface area (Å²) in [6, 6.07) is 28.0. The van der Waals surface area contributed by atoms with Crippen molar-refractivity contribution >= 4 is 11.6 Å². The van der Waals surface area contributed by atoms with Crippen LogP contribution in [0.5, 0.6) is 5.75 Å². The van der Waals surface area contributed by atoms with E-state index in [9.17, 15) is 4.79 Å². The van der Waals surface area contributed by atoms with E-state index in [2.05, 4.69) is 29.2 Å². The third-order valence-corrected chi connectivity index (χ3v) is 5.40. The monoisotopic (exact) mass is 372 g/mol. The maximum absolute atomic E-state index is 13.1. The van der Waals surface area contributed by atoms with Crippen LogP contribution in [0.25, 0.3) is 0 Å². The lowest BCUT2D eigenvalue weighted by atomic mass is 9.86. The summed E-state index contributed by atoms with van der Waals surface area (Å²) in [6.45, 7) is 0.607. The number of likely N-dealkylation sites (N-methyl/N-ethyl adjacent to an activating group) is 1. The molecule has 4 heteroatoms. The lowest BCUT2D eigenvalue weighted by molar-refractivity contribution is -0.150. The third-order valence-electron chi connectivity index (χ3n) is 5.40. The topological polar surface area (TPSA) is 32.8 Å². The number of likely N-dealkylation sites (tertiary alicyclic amines) is 1. The summed E-state index contributed by atoms with van der Waals surface area (Å²) in [5.41, 5.74) is 3.29. The van der Waals surface area contributed by atoms with Crippen LogP contribution < -0.4 is 9.64 Å². The molecule has 1 fully saturated rings. The smallest absolute Gasteiger partial charge is 0.248 e. The van der Waals surface area contributed by atoms with Crippen molar-refractivity contribution in [3.63, 3.8) is 0 Å². The van der Waals surface area contributed by atoms with Crippen molar-refractivity contribution < 1.29 is 9.53 Å². The molecule has 0 spiro atoms. The Hall–Kier alpha value is -3.27. The van der Waals surface area contributed by atoms with E-state index < -0.39 is 0 Å². The average Bonchev–Trinajstić information content (AvgIpc) is 2.76. The van der Waals surface area contributed by atoms with E-state index >= 15 is 0 Å². The molecule has 0 saturated carbocycles. The molecule has 142 valence electrons. The highest BCUT2D eigenvalue weighted by molar-refractivity contribution is 5.93. The van der Waals surface area contributed by atoms with Crippen molar-refractivity contribution in [1.82, 2.24) is 4.90 Å². The Kier molecular flexibility index (Phi) is 5.02. The highest BCUT2D eigenvalue weighted by Gasteiger charge is 2.50. The maximum atomic E-state index is 13.1. The minimum Gasteiger partial charge on any atom is -0.497 e. The Morgan fingerprint density at radius 1 is 0.893 bits per heavy atom. The van der Waals surface area contributed by atoms with Crippen LogP contribution in [0.4, 0.5) is 5.69 Å². The molecule has 0 aliphatic carbocycles. The first-order chi connectivity index (χ1) is 13.7. The largest absolute Gasteiger partial charge is 0.497 e. The van der Waals surface area contributed by atoms with Crippen LogP contribution >= 0.6 is 0 Å².